The molecule has 0 aromatic heterocycles. The maximum atomic E-state index is 12.5. The molecule has 0 bridgehead atoms. The van der Waals surface area contributed by atoms with Gasteiger partial charge in [-0.25, -0.2) is 0 Å². The summed E-state index contributed by atoms with van der Waals surface area (Å²) in [6.07, 6.45) is 1.25. The molecule has 2 aromatic rings. The lowest BCUT2D eigenvalue weighted by Crippen LogP contribution is -2.14. The molecule has 2 aromatic carbocycles. The lowest BCUT2D eigenvalue weighted by molar-refractivity contribution is -0.112. The first-order valence-corrected chi connectivity index (χ1v) is 7.67. The van der Waals surface area contributed by atoms with Gasteiger partial charge in [0, 0.05) is 0 Å². The number of para-hydroxylation sites is 2. The van der Waals surface area contributed by atoms with Crippen LogP contribution in [0.4, 0.5) is 14.5 Å². The number of ether oxygens (including phenoxy) is 3. The molecule has 0 aliphatic carbocycles. The normalized spacial score (nSPS) is 10.9. The Morgan fingerprint density at radius 2 is 1.81 bits per heavy atom. The lowest BCUT2D eigenvalue weighted by atomic mass is 10.1. The highest BCUT2D eigenvalue weighted by molar-refractivity contribution is 6.10. The SMILES string of the molecule is COc1ccccc1NC(=O)/C(C#N)=C/c1ccc(OC)c(OC(F)F)c1. The Labute approximate surface area is 154 Å². The van der Waals surface area contributed by atoms with Gasteiger partial charge in [-0.2, -0.15) is 14.0 Å². The average molecular weight is 374 g/mol. The first-order chi connectivity index (χ1) is 13.0. The number of carbonyl (C=O) groups excluding carboxylic acids is 1. The number of amides is 1. The maximum Gasteiger partial charge on any atom is 0.387 e. The molecule has 0 heterocycles. The molecule has 0 aliphatic rings. The van der Waals surface area contributed by atoms with Gasteiger partial charge in [0.05, 0.1) is 19.9 Å². The Balaban J connectivity index is 2.29. The van der Waals surface area contributed by atoms with E-state index < -0.39 is 12.5 Å². The molecule has 0 atom stereocenters. The number of halogens is 2. The molecule has 8 heteroatoms. The summed E-state index contributed by atoms with van der Waals surface area (Å²) in [6.45, 7) is -3.04. The molecule has 0 spiro atoms. The summed E-state index contributed by atoms with van der Waals surface area (Å²) in [5.41, 5.74) is 0.481. The minimum atomic E-state index is -3.04. The molecule has 140 valence electrons. The van der Waals surface area contributed by atoms with Crippen molar-refractivity contribution in [2.24, 2.45) is 0 Å². The summed E-state index contributed by atoms with van der Waals surface area (Å²) >= 11 is 0. The van der Waals surface area contributed by atoms with Gasteiger partial charge in [-0.05, 0) is 35.9 Å². The summed E-state index contributed by atoms with van der Waals surface area (Å²) in [6, 6.07) is 12.6. The first-order valence-electron chi connectivity index (χ1n) is 7.67. The number of nitriles is 1. The average Bonchev–Trinajstić information content (AvgIpc) is 2.66. The molecule has 2 rings (SSSR count). The fourth-order valence-electron chi connectivity index (χ4n) is 2.22. The second-order valence-corrected chi connectivity index (χ2v) is 5.11. The van der Waals surface area contributed by atoms with E-state index in [1.165, 1.54) is 38.5 Å². The van der Waals surface area contributed by atoms with Crippen LogP contribution < -0.4 is 19.5 Å². The summed E-state index contributed by atoms with van der Waals surface area (Å²) in [5.74, 6) is -0.345. The molecule has 0 fully saturated rings. The first kappa shape index (κ1) is 19.7. The third-order valence-corrected chi connectivity index (χ3v) is 3.43. The fraction of sp³-hybridized carbons (Fsp3) is 0.158. The smallest absolute Gasteiger partial charge is 0.387 e. The number of methoxy groups -OCH3 is 2. The number of hydrogen-bond acceptors (Lipinski definition) is 5. The van der Waals surface area contributed by atoms with Crippen LogP contribution in [-0.4, -0.2) is 26.7 Å². The van der Waals surface area contributed by atoms with E-state index in [-0.39, 0.29) is 17.1 Å². The van der Waals surface area contributed by atoms with Crippen LogP contribution in [-0.2, 0) is 4.79 Å². The Morgan fingerprint density at radius 3 is 2.44 bits per heavy atom. The Hall–Kier alpha value is -3.60. The molecule has 0 aliphatic heterocycles. The number of carbonyl (C=O) groups is 1. The van der Waals surface area contributed by atoms with Crippen molar-refractivity contribution in [2.45, 2.75) is 6.61 Å². The predicted octanol–water partition coefficient (Wildman–Crippen LogP) is 3.85. The highest BCUT2D eigenvalue weighted by atomic mass is 19.3. The monoisotopic (exact) mass is 374 g/mol. The van der Waals surface area contributed by atoms with Gasteiger partial charge in [0.25, 0.3) is 5.91 Å². The summed E-state index contributed by atoms with van der Waals surface area (Å²) in [4.78, 5) is 12.4. The standard InChI is InChI=1S/C19H16F2N2O4/c1-25-15-6-4-3-5-14(15)23-18(24)13(11-22)9-12-7-8-16(26-2)17(10-12)27-19(20)21/h3-10,19H,1-2H3,(H,23,24)/b13-9+. The summed E-state index contributed by atoms with van der Waals surface area (Å²) in [7, 11) is 2.76. The summed E-state index contributed by atoms with van der Waals surface area (Å²) in [5, 5.41) is 11.9. The molecule has 1 N–H and O–H groups in total. The zero-order chi connectivity index (χ0) is 19.8. The van der Waals surface area contributed by atoms with E-state index in [0.29, 0.717) is 17.0 Å². The zero-order valence-corrected chi connectivity index (χ0v) is 14.5. The molecule has 0 unspecified atom stereocenters. The van der Waals surface area contributed by atoms with Crippen LogP contribution in [0, 0.1) is 11.3 Å². The van der Waals surface area contributed by atoms with Crippen molar-refractivity contribution in [3.63, 3.8) is 0 Å². The number of hydrogen-bond donors (Lipinski definition) is 1. The van der Waals surface area contributed by atoms with Crippen molar-refractivity contribution >= 4 is 17.7 Å². The minimum absolute atomic E-state index is 0.101. The van der Waals surface area contributed by atoms with Gasteiger partial charge in [0.1, 0.15) is 17.4 Å². The topological polar surface area (TPSA) is 80.6 Å². The Bertz CT molecular complexity index is 892. The van der Waals surface area contributed by atoms with E-state index in [4.69, 9.17) is 9.47 Å². The third-order valence-electron chi connectivity index (χ3n) is 3.43. The predicted molar refractivity (Wildman–Crippen MR) is 94.8 cm³/mol. The number of benzene rings is 2. The van der Waals surface area contributed by atoms with Gasteiger partial charge in [-0.1, -0.05) is 18.2 Å². The second-order valence-electron chi connectivity index (χ2n) is 5.11. The van der Waals surface area contributed by atoms with E-state index in [2.05, 4.69) is 10.1 Å². The maximum absolute atomic E-state index is 12.5. The number of anilines is 1. The number of rotatable bonds is 7. The van der Waals surface area contributed by atoms with Crippen molar-refractivity contribution in [3.8, 4) is 23.3 Å². The molecule has 0 saturated carbocycles. The van der Waals surface area contributed by atoms with Crippen LogP contribution in [0.25, 0.3) is 6.08 Å². The van der Waals surface area contributed by atoms with Crippen LogP contribution in [0.15, 0.2) is 48.0 Å². The minimum Gasteiger partial charge on any atom is -0.495 e. The van der Waals surface area contributed by atoms with Crippen LogP contribution in [0.5, 0.6) is 17.2 Å². The van der Waals surface area contributed by atoms with Gasteiger partial charge in [0.15, 0.2) is 11.5 Å². The van der Waals surface area contributed by atoms with Crippen LogP contribution in [0.2, 0.25) is 0 Å². The number of nitrogens with zero attached hydrogens (tertiary/aromatic N) is 1. The molecule has 6 nitrogen and oxygen atoms in total. The van der Waals surface area contributed by atoms with Crippen molar-refractivity contribution in [3.05, 3.63) is 53.6 Å². The van der Waals surface area contributed by atoms with E-state index in [1.807, 2.05) is 0 Å². The molecule has 27 heavy (non-hydrogen) atoms. The van der Waals surface area contributed by atoms with Gasteiger partial charge < -0.3 is 19.5 Å². The number of alkyl halides is 2. The van der Waals surface area contributed by atoms with Gasteiger partial charge in [0.2, 0.25) is 0 Å². The van der Waals surface area contributed by atoms with E-state index in [0.717, 1.165) is 0 Å². The van der Waals surface area contributed by atoms with Gasteiger partial charge >= 0.3 is 6.61 Å². The molecular weight excluding hydrogens is 358 g/mol. The van der Waals surface area contributed by atoms with E-state index in [1.54, 1.807) is 30.3 Å². The molecule has 1 amide bonds. The largest absolute Gasteiger partial charge is 0.495 e. The van der Waals surface area contributed by atoms with Crippen LogP contribution in [0.1, 0.15) is 5.56 Å². The van der Waals surface area contributed by atoms with E-state index >= 15 is 0 Å². The zero-order valence-electron chi connectivity index (χ0n) is 14.5. The van der Waals surface area contributed by atoms with Crippen LogP contribution >= 0.6 is 0 Å². The Morgan fingerprint density at radius 1 is 1.11 bits per heavy atom. The van der Waals surface area contributed by atoms with Crippen molar-refractivity contribution in [2.75, 3.05) is 19.5 Å². The molecule has 0 saturated heterocycles. The third kappa shape index (κ3) is 5.19. The van der Waals surface area contributed by atoms with Crippen molar-refractivity contribution < 1.29 is 27.8 Å². The van der Waals surface area contributed by atoms with Crippen molar-refractivity contribution in [1.29, 1.82) is 5.26 Å². The van der Waals surface area contributed by atoms with Crippen LogP contribution in [0.3, 0.4) is 0 Å². The molecule has 0 radical (unpaired) electrons. The fourth-order valence-corrected chi connectivity index (χ4v) is 2.22. The highest BCUT2D eigenvalue weighted by Gasteiger charge is 2.14. The summed E-state index contributed by atoms with van der Waals surface area (Å²) < 4.78 is 39.5. The Kier molecular flexibility index (Phi) is 6.72. The quantitative estimate of drug-likeness (QED) is 0.588. The highest BCUT2D eigenvalue weighted by Crippen LogP contribution is 2.30. The van der Waals surface area contributed by atoms with E-state index in [9.17, 15) is 18.8 Å². The molecular formula is C19H16F2N2O4. The van der Waals surface area contributed by atoms with Gasteiger partial charge in [-0.3, -0.25) is 4.79 Å². The lowest BCUT2D eigenvalue weighted by Gasteiger charge is -2.11. The second kappa shape index (κ2) is 9.20. The number of nitrogens with one attached hydrogen (secondary N) is 1. The van der Waals surface area contributed by atoms with Crippen molar-refractivity contribution in [1.82, 2.24) is 0 Å². The van der Waals surface area contributed by atoms with Gasteiger partial charge in [-0.15, -0.1) is 0 Å².